The first kappa shape index (κ1) is 11.1. The molecule has 0 aliphatic rings. The fourth-order valence-electron chi connectivity index (χ4n) is 1.82. The summed E-state index contributed by atoms with van der Waals surface area (Å²) in [5.74, 6) is 0.506. The third-order valence-electron chi connectivity index (χ3n) is 3.05. The second-order valence-corrected chi connectivity index (χ2v) is 4.60. The Kier molecular flexibility index (Phi) is 3.20. The largest absolute Gasteiger partial charge is 0.327 e. The van der Waals surface area contributed by atoms with Crippen LogP contribution < -0.4 is 5.73 Å². The highest BCUT2D eigenvalue weighted by atomic mass is 14.7. The number of nitrogens with two attached hydrogens (primary N) is 1. The quantitative estimate of drug-likeness (QED) is 0.853. The first-order valence-electron chi connectivity index (χ1n) is 5.76. The second-order valence-electron chi connectivity index (χ2n) is 4.60. The minimum Gasteiger partial charge on any atom is -0.327 e. The average molecular weight is 214 g/mol. The molecule has 0 fully saturated rings. The van der Waals surface area contributed by atoms with E-state index in [0.717, 1.165) is 11.9 Å². The van der Waals surface area contributed by atoms with Crippen molar-refractivity contribution in [1.29, 1.82) is 0 Å². The van der Waals surface area contributed by atoms with Gasteiger partial charge in [0.1, 0.15) is 0 Å². The standard InChI is InChI=1S/C14H18N2/c1-10(2)13(15)9-11-7-8-16-14-6-4-3-5-12(11)14/h3-8,10,13H,9,15H2,1-2H3. The highest BCUT2D eigenvalue weighted by molar-refractivity contribution is 5.81. The molecule has 0 spiro atoms. The Morgan fingerprint density at radius 1 is 1.19 bits per heavy atom. The molecule has 2 N–H and O–H groups in total. The van der Waals surface area contributed by atoms with E-state index < -0.39 is 0 Å². The number of nitrogens with zero attached hydrogens (tertiary/aromatic N) is 1. The predicted octanol–water partition coefficient (Wildman–Crippen LogP) is 2.76. The Hall–Kier alpha value is -1.41. The number of hydrogen-bond acceptors (Lipinski definition) is 2. The molecule has 84 valence electrons. The zero-order valence-electron chi connectivity index (χ0n) is 9.85. The van der Waals surface area contributed by atoms with Crippen LogP contribution in [-0.2, 0) is 6.42 Å². The summed E-state index contributed by atoms with van der Waals surface area (Å²) in [6, 6.07) is 10.5. The molecule has 2 rings (SSSR count). The van der Waals surface area contributed by atoms with Gasteiger partial charge in [-0.05, 0) is 30.0 Å². The van der Waals surface area contributed by atoms with Crippen LogP contribution in [0.15, 0.2) is 36.5 Å². The molecule has 1 heterocycles. The van der Waals surface area contributed by atoms with E-state index >= 15 is 0 Å². The lowest BCUT2D eigenvalue weighted by atomic mass is 9.95. The van der Waals surface area contributed by atoms with Gasteiger partial charge in [-0.15, -0.1) is 0 Å². The SMILES string of the molecule is CC(C)C(N)Cc1ccnc2ccccc12. The summed E-state index contributed by atoms with van der Waals surface area (Å²) in [5.41, 5.74) is 8.47. The van der Waals surface area contributed by atoms with Crippen LogP contribution in [0.4, 0.5) is 0 Å². The number of para-hydroxylation sites is 1. The van der Waals surface area contributed by atoms with Gasteiger partial charge in [0.25, 0.3) is 0 Å². The van der Waals surface area contributed by atoms with Gasteiger partial charge in [0, 0.05) is 17.6 Å². The number of aromatic nitrogens is 1. The summed E-state index contributed by atoms with van der Waals surface area (Å²) in [5, 5.41) is 1.22. The Morgan fingerprint density at radius 2 is 1.94 bits per heavy atom. The molecule has 0 amide bonds. The monoisotopic (exact) mass is 214 g/mol. The molecule has 0 bridgehead atoms. The van der Waals surface area contributed by atoms with E-state index in [2.05, 4.69) is 37.0 Å². The van der Waals surface area contributed by atoms with Crippen molar-refractivity contribution in [3.05, 3.63) is 42.1 Å². The normalized spacial score (nSPS) is 13.2. The van der Waals surface area contributed by atoms with E-state index in [1.54, 1.807) is 0 Å². The van der Waals surface area contributed by atoms with E-state index in [-0.39, 0.29) is 6.04 Å². The van der Waals surface area contributed by atoms with Crippen molar-refractivity contribution >= 4 is 10.9 Å². The van der Waals surface area contributed by atoms with Crippen LogP contribution in [0.5, 0.6) is 0 Å². The smallest absolute Gasteiger partial charge is 0.0704 e. The van der Waals surface area contributed by atoms with E-state index in [1.165, 1.54) is 10.9 Å². The summed E-state index contributed by atoms with van der Waals surface area (Å²) >= 11 is 0. The van der Waals surface area contributed by atoms with Gasteiger partial charge in [0.2, 0.25) is 0 Å². The maximum absolute atomic E-state index is 6.12. The summed E-state index contributed by atoms with van der Waals surface area (Å²) < 4.78 is 0. The topological polar surface area (TPSA) is 38.9 Å². The molecule has 0 saturated heterocycles. The van der Waals surface area contributed by atoms with Crippen LogP contribution in [0, 0.1) is 5.92 Å². The number of rotatable bonds is 3. The van der Waals surface area contributed by atoms with Crippen LogP contribution in [0.3, 0.4) is 0 Å². The highest BCUT2D eigenvalue weighted by Gasteiger charge is 2.10. The maximum Gasteiger partial charge on any atom is 0.0704 e. The average Bonchev–Trinajstić information content (AvgIpc) is 2.29. The number of fused-ring (bicyclic) bond motifs is 1. The lowest BCUT2D eigenvalue weighted by molar-refractivity contribution is 0.491. The summed E-state index contributed by atoms with van der Waals surface area (Å²) in [6.45, 7) is 4.32. The van der Waals surface area contributed by atoms with Crippen molar-refractivity contribution in [1.82, 2.24) is 4.98 Å². The van der Waals surface area contributed by atoms with Crippen LogP contribution in [0.1, 0.15) is 19.4 Å². The van der Waals surface area contributed by atoms with Gasteiger partial charge in [-0.3, -0.25) is 4.98 Å². The number of hydrogen-bond donors (Lipinski definition) is 1. The Balaban J connectivity index is 2.37. The van der Waals surface area contributed by atoms with E-state index in [1.807, 2.05) is 18.3 Å². The molecule has 0 saturated carbocycles. The summed E-state index contributed by atoms with van der Waals surface area (Å²) in [7, 11) is 0. The third kappa shape index (κ3) is 2.22. The van der Waals surface area contributed by atoms with E-state index in [0.29, 0.717) is 5.92 Å². The molecule has 1 unspecified atom stereocenters. The van der Waals surface area contributed by atoms with Crippen molar-refractivity contribution in [2.24, 2.45) is 11.7 Å². The van der Waals surface area contributed by atoms with Crippen molar-refractivity contribution in [3.63, 3.8) is 0 Å². The Labute approximate surface area is 96.5 Å². The summed E-state index contributed by atoms with van der Waals surface area (Å²) in [4.78, 5) is 4.35. The fourth-order valence-corrected chi connectivity index (χ4v) is 1.82. The van der Waals surface area contributed by atoms with Crippen LogP contribution in [-0.4, -0.2) is 11.0 Å². The molecular formula is C14H18N2. The molecule has 1 atom stereocenters. The lowest BCUT2D eigenvalue weighted by Crippen LogP contribution is -2.28. The Morgan fingerprint density at radius 3 is 2.69 bits per heavy atom. The van der Waals surface area contributed by atoms with Crippen molar-refractivity contribution in [3.8, 4) is 0 Å². The number of benzene rings is 1. The third-order valence-corrected chi connectivity index (χ3v) is 3.05. The van der Waals surface area contributed by atoms with Gasteiger partial charge in [-0.2, -0.15) is 0 Å². The van der Waals surface area contributed by atoms with Crippen LogP contribution in [0.25, 0.3) is 10.9 Å². The fraction of sp³-hybridized carbons (Fsp3) is 0.357. The molecule has 16 heavy (non-hydrogen) atoms. The molecule has 1 aromatic carbocycles. The van der Waals surface area contributed by atoms with Gasteiger partial charge >= 0.3 is 0 Å². The highest BCUT2D eigenvalue weighted by Crippen LogP contribution is 2.18. The van der Waals surface area contributed by atoms with Crippen molar-refractivity contribution < 1.29 is 0 Å². The van der Waals surface area contributed by atoms with Crippen molar-refractivity contribution in [2.45, 2.75) is 26.3 Å². The van der Waals surface area contributed by atoms with Gasteiger partial charge < -0.3 is 5.73 Å². The van der Waals surface area contributed by atoms with Gasteiger partial charge in [0.05, 0.1) is 5.52 Å². The zero-order chi connectivity index (χ0) is 11.5. The predicted molar refractivity (Wildman–Crippen MR) is 68.3 cm³/mol. The molecule has 2 aromatic rings. The molecule has 2 heteroatoms. The summed E-state index contributed by atoms with van der Waals surface area (Å²) in [6.07, 6.45) is 2.78. The first-order chi connectivity index (χ1) is 7.68. The van der Waals surface area contributed by atoms with Gasteiger partial charge in [-0.1, -0.05) is 32.0 Å². The second kappa shape index (κ2) is 4.62. The molecule has 0 radical (unpaired) electrons. The molecule has 0 aliphatic carbocycles. The molecule has 0 aliphatic heterocycles. The zero-order valence-corrected chi connectivity index (χ0v) is 9.85. The minimum atomic E-state index is 0.214. The maximum atomic E-state index is 6.12. The van der Waals surface area contributed by atoms with E-state index in [4.69, 9.17) is 5.73 Å². The van der Waals surface area contributed by atoms with Crippen LogP contribution in [0.2, 0.25) is 0 Å². The molecular weight excluding hydrogens is 196 g/mol. The Bertz CT molecular complexity index is 472. The van der Waals surface area contributed by atoms with Crippen LogP contribution >= 0.6 is 0 Å². The van der Waals surface area contributed by atoms with Gasteiger partial charge in [-0.25, -0.2) is 0 Å². The lowest BCUT2D eigenvalue weighted by Gasteiger charge is -2.16. The first-order valence-corrected chi connectivity index (χ1v) is 5.76. The van der Waals surface area contributed by atoms with E-state index in [9.17, 15) is 0 Å². The molecule has 2 nitrogen and oxygen atoms in total. The van der Waals surface area contributed by atoms with Crippen molar-refractivity contribution in [2.75, 3.05) is 0 Å². The van der Waals surface area contributed by atoms with Gasteiger partial charge in [0.15, 0.2) is 0 Å². The minimum absolute atomic E-state index is 0.214. The molecule has 1 aromatic heterocycles. The number of pyridine rings is 1.